The van der Waals surface area contributed by atoms with Crippen LogP contribution in [-0.2, 0) is 29.0 Å². The van der Waals surface area contributed by atoms with Gasteiger partial charge in [-0.3, -0.25) is 14.9 Å². The molecule has 0 bridgehead atoms. The number of pyridine rings is 2. The normalized spacial score (nSPS) is 18.0. The molecule has 1 atom stereocenters. The zero-order chi connectivity index (χ0) is 30.2. The predicted molar refractivity (Wildman–Crippen MR) is 168 cm³/mol. The average Bonchev–Trinajstić information content (AvgIpc) is 2.91. The Morgan fingerprint density at radius 2 is 1.71 bits per heavy atom. The maximum absolute atomic E-state index is 12.8. The fraction of sp³-hybridized carbons (Fsp3) is 0.514. The zero-order valence-electron chi connectivity index (χ0n) is 26.3. The van der Waals surface area contributed by atoms with Gasteiger partial charge in [0.2, 0.25) is 0 Å². The van der Waals surface area contributed by atoms with Crippen molar-refractivity contribution in [2.45, 2.75) is 92.5 Å². The number of ether oxygens (including phenoxy) is 1. The van der Waals surface area contributed by atoms with Crippen LogP contribution in [0.1, 0.15) is 87.2 Å². The van der Waals surface area contributed by atoms with Gasteiger partial charge in [0.25, 0.3) is 0 Å². The van der Waals surface area contributed by atoms with Crippen LogP contribution in [0.4, 0.5) is 5.69 Å². The Morgan fingerprint density at radius 3 is 2.36 bits per heavy atom. The standard InChI is InChI=1S/C35H46N4O3/c1-23-29(27-8-9-28-22-38(17-12-26(28)20-27)21-25-10-15-36-16-11-25)31(39-18-13-35(6,7)14-19-39)30(24(2)37-23)32(33(40)41)42-34(3,4)5/h8-11,15-16,20,32H,12-14,17-19,21-22H2,1-7H3,(H,40,41)/t32-/m0/s1. The number of aryl methyl sites for hydroxylation is 2. The number of nitrogens with zero attached hydrogens (tertiary/aromatic N) is 4. The van der Waals surface area contributed by atoms with Gasteiger partial charge in [0, 0.05) is 67.6 Å². The molecule has 7 heteroatoms. The van der Waals surface area contributed by atoms with Crippen LogP contribution in [0.15, 0.2) is 42.7 Å². The van der Waals surface area contributed by atoms with Gasteiger partial charge in [-0.25, -0.2) is 4.79 Å². The third kappa shape index (κ3) is 6.68. The summed E-state index contributed by atoms with van der Waals surface area (Å²) in [5.41, 5.74) is 9.03. The van der Waals surface area contributed by atoms with Crippen molar-refractivity contribution in [3.8, 4) is 11.1 Å². The first-order chi connectivity index (χ1) is 19.8. The van der Waals surface area contributed by atoms with E-state index in [1.807, 2.05) is 40.1 Å². The summed E-state index contributed by atoms with van der Waals surface area (Å²) in [6.45, 7) is 18.9. The Kier molecular flexibility index (Phi) is 8.46. The predicted octanol–water partition coefficient (Wildman–Crippen LogP) is 6.89. The molecular formula is C35H46N4O3. The number of carboxylic acid groups (broad SMARTS) is 1. The van der Waals surface area contributed by atoms with E-state index in [1.165, 1.54) is 16.7 Å². The number of aromatic nitrogens is 2. The first-order valence-electron chi connectivity index (χ1n) is 15.2. The minimum atomic E-state index is -1.11. The maximum Gasteiger partial charge on any atom is 0.337 e. The molecule has 4 heterocycles. The van der Waals surface area contributed by atoms with Gasteiger partial charge in [0.1, 0.15) is 0 Å². The van der Waals surface area contributed by atoms with E-state index in [0.29, 0.717) is 5.56 Å². The molecule has 3 aromatic rings. The molecule has 0 spiro atoms. The van der Waals surface area contributed by atoms with Crippen LogP contribution in [0, 0.1) is 19.3 Å². The molecule has 0 unspecified atom stereocenters. The van der Waals surface area contributed by atoms with Crippen LogP contribution in [0.25, 0.3) is 11.1 Å². The van der Waals surface area contributed by atoms with Gasteiger partial charge < -0.3 is 14.7 Å². The molecule has 0 amide bonds. The Hall–Kier alpha value is -3.29. The highest BCUT2D eigenvalue weighted by atomic mass is 16.5. The smallest absolute Gasteiger partial charge is 0.337 e. The topological polar surface area (TPSA) is 78.8 Å². The molecule has 1 saturated heterocycles. The molecule has 0 aliphatic carbocycles. The molecule has 1 aromatic carbocycles. The monoisotopic (exact) mass is 570 g/mol. The van der Waals surface area contributed by atoms with E-state index >= 15 is 0 Å². The number of piperidine rings is 1. The van der Waals surface area contributed by atoms with Crippen LogP contribution in [0.2, 0.25) is 0 Å². The largest absolute Gasteiger partial charge is 0.479 e. The molecule has 7 nitrogen and oxygen atoms in total. The minimum absolute atomic E-state index is 0.260. The molecule has 0 saturated carbocycles. The van der Waals surface area contributed by atoms with Gasteiger partial charge >= 0.3 is 5.97 Å². The Bertz CT molecular complexity index is 1430. The van der Waals surface area contributed by atoms with E-state index in [1.54, 1.807) is 0 Å². The van der Waals surface area contributed by atoms with Crippen molar-refractivity contribution in [2.24, 2.45) is 5.41 Å². The number of fused-ring (bicyclic) bond motifs is 1. The van der Waals surface area contributed by atoms with Gasteiger partial charge in [-0.2, -0.15) is 0 Å². The highest BCUT2D eigenvalue weighted by Gasteiger charge is 2.36. The molecule has 42 heavy (non-hydrogen) atoms. The summed E-state index contributed by atoms with van der Waals surface area (Å²) in [5.74, 6) is -0.983. The van der Waals surface area contributed by atoms with Crippen LogP contribution < -0.4 is 4.90 Å². The van der Waals surface area contributed by atoms with Crippen molar-refractivity contribution in [2.75, 3.05) is 24.5 Å². The van der Waals surface area contributed by atoms with E-state index in [4.69, 9.17) is 9.72 Å². The highest BCUT2D eigenvalue weighted by Crippen LogP contribution is 2.45. The number of carboxylic acids is 1. The highest BCUT2D eigenvalue weighted by molar-refractivity contribution is 5.88. The summed E-state index contributed by atoms with van der Waals surface area (Å²) in [6, 6.07) is 10.9. The van der Waals surface area contributed by atoms with Crippen LogP contribution in [-0.4, -0.2) is 51.2 Å². The second-order valence-electron chi connectivity index (χ2n) is 13.8. The molecule has 2 aliphatic rings. The van der Waals surface area contributed by atoms with E-state index < -0.39 is 17.7 Å². The number of benzene rings is 1. The molecule has 2 aromatic heterocycles. The van der Waals surface area contributed by atoms with Gasteiger partial charge in [0.15, 0.2) is 6.10 Å². The Morgan fingerprint density at radius 1 is 1.02 bits per heavy atom. The summed E-state index contributed by atoms with van der Waals surface area (Å²) in [7, 11) is 0. The van der Waals surface area contributed by atoms with E-state index in [0.717, 1.165) is 80.2 Å². The van der Waals surface area contributed by atoms with Crippen molar-refractivity contribution in [3.63, 3.8) is 0 Å². The van der Waals surface area contributed by atoms with E-state index in [-0.39, 0.29) is 5.41 Å². The molecule has 1 N–H and O–H groups in total. The Balaban J connectivity index is 1.58. The summed E-state index contributed by atoms with van der Waals surface area (Å²) in [4.78, 5) is 26.8. The lowest BCUT2D eigenvalue weighted by Crippen LogP contribution is -2.39. The number of hydrogen-bond acceptors (Lipinski definition) is 6. The van der Waals surface area contributed by atoms with Gasteiger partial charge in [-0.1, -0.05) is 32.0 Å². The van der Waals surface area contributed by atoms with Crippen molar-refractivity contribution in [1.82, 2.24) is 14.9 Å². The second kappa shape index (κ2) is 11.8. The zero-order valence-corrected chi connectivity index (χ0v) is 26.3. The first kappa shape index (κ1) is 30.2. The third-order valence-electron chi connectivity index (χ3n) is 8.71. The van der Waals surface area contributed by atoms with Crippen LogP contribution >= 0.6 is 0 Å². The van der Waals surface area contributed by atoms with Crippen LogP contribution in [0.3, 0.4) is 0 Å². The minimum Gasteiger partial charge on any atom is -0.479 e. The maximum atomic E-state index is 12.8. The molecule has 0 radical (unpaired) electrons. The summed E-state index contributed by atoms with van der Waals surface area (Å²) >= 11 is 0. The number of hydrogen-bond donors (Lipinski definition) is 1. The lowest BCUT2D eigenvalue weighted by atomic mass is 9.81. The second-order valence-corrected chi connectivity index (χ2v) is 13.8. The summed E-state index contributed by atoms with van der Waals surface area (Å²) < 4.78 is 6.24. The molecule has 1 fully saturated rings. The fourth-order valence-electron chi connectivity index (χ4n) is 6.40. The molecule has 224 valence electrons. The summed E-state index contributed by atoms with van der Waals surface area (Å²) in [5, 5.41) is 10.5. The van der Waals surface area contributed by atoms with Crippen molar-refractivity contribution >= 4 is 11.7 Å². The van der Waals surface area contributed by atoms with Crippen molar-refractivity contribution < 1.29 is 14.6 Å². The fourth-order valence-corrected chi connectivity index (χ4v) is 6.40. The third-order valence-corrected chi connectivity index (χ3v) is 8.71. The lowest BCUT2D eigenvalue weighted by molar-refractivity contribution is -0.160. The summed E-state index contributed by atoms with van der Waals surface area (Å²) in [6.07, 6.45) is 5.66. The van der Waals surface area contributed by atoms with Gasteiger partial charge in [-0.15, -0.1) is 0 Å². The van der Waals surface area contributed by atoms with Crippen molar-refractivity contribution in [1.29, 1.82) is 0 Å². The average molecular weight is 571 g/mol. The number of rotatable bonds is 7. The van der Waals surface area contributed by atoms with Crippen molar-refractivity contribution in [3.05, 3.63) is 76.4 Å². The number of anilines is 1. The van der Waals surface area contributed by atoms with E-state index in [9.17, 15) is 9.90 Å². The number of aliphatic carboxylic acids is 1. The van der Waals surface area contributed by atoms with Crippen LogP contribution in [0.5, 0.6) is 0 Å². The molecule has 2 aliphatic heterocycles. The SMILES string of the molecule is Cc1nc(C)c([C@H](OC(C)(C)C)C(=O)O)c(N2CCC(C)(C)CC2)c1-c1ccc2c(c1)CCN(Cc1ccncc1)C2. The first-order valence-corrected chi connectivity index (χ1v) is 15.2. The van der Waals surface area contributed by atoms with Gasteiger partial charge in [0.05, 0.1) is 11.3 Å². The molecule has 5 rings (SSSR count). The molecular weight excluding hydrogens is 524 g/mol. The lowest BCUT2D eigenvalue weighted by Gasteiger charge is -2.41. The van der Waals surface area contributed by atoms with Gasteiger partial charge in [-0.05, 0) is 93.7 Å². The number of carbonyl (C=O) groups is 1. The van der Waals surface area contributed by atoms with E-state index in [2.05, 4.69) is 65.9 Å². The quantitative estimate of drug-likeness (QED) is 0.332. The Labute approximate surface area is 250 Å².